The second-order valence-corrected chi connectivity index (χ2v) is 3.23. The van der Waals surface area contributed by atoms with Crippen molar-refractivity contribution in [3.05, 3.63) is 29.8 Å². The third kappa shape index (κ3) is 1.98. The van der Waals surface area contributed by atoms with Crippen molar-refractivity contribution in [3.63, 3.8) is 0 Å². The van der Waals surface area contributed by atoms with Crippen LogP contribution in [-0.2, 0) is 4.79 Å². The van der Waals surface area contributed by atoms with Gasteiger partial charge in [0.1, 0.15) is 18.1 Å². The molecule has 0 radical (unpaired) electrons. The molecule has 1 aliphatic rings. The van der Waals surface area contributed by atoms with E-state index in [1.54, 1.807) is 6.92 Å². The van der Waals surface area contributed by atoms with Crippen molar-refractivity contribution in [2.75, 3.05) is 6.61 Å². The summed E-state index contributed by atoms with van der Waals surface area (Å²) >= 11 is 0. The summed E-state index contributed by atoms with van der Waals surface area (Å²) in [6.07, 6.45) is 0.430. The summed E-state index contributed by atoms with van der Waals surface area (Å²) in [7, 11) is 0. The van der Waals surface area contributed by atoms with Crippen molar-refractivity contribution >= 4 is 11.6 Å². The Labute approximate surface area is 87.9 Å². The number of benzene rings is 1. The van der Waals surface area contributed by atoms with Crippen LogP contribution in [0.15, 0.2) is 29.4 Å². The second-order valence-electron chi connectivity index (χ2n) is 3.23. The quantitative estimate of drug-likeness (QED) is 0.738. The fraction of sp³-hybridized carbons (Fsp3) is 0.273. The Kier molecular flexibility index (Phi) is 2.67. The molecule has 1 aromatic rings. The molecule has 0 saturated heterocycles. The minimum absolute atomic E-state index is 0.0909. The van der Waals surface area contributed by atoms with Gasteiger partial charge in [-0.2, -0.15) is 5.10 Å². The number of fused-ring (bicyclic) bond motifs is 1. The Morgan fingerprint density at radius 2 is 2.33 bits per heavy atom. The van der Waals surface area contributed by atoms with Crippen molar-refractivity contribution < 1.29 is 9.53 Å². The number of carbonyl (C=O) groups is 1. The Morgan fingerprint density at radius 1 is 1.53 bits per heavy atom. The molecular formula is C11H12N2O2. The molecular weight excluding hydrogens is 192 g/mol. The summed E-state index contributed by atoms with van der Waals surface area (Å²) in [6.45, 7) is 2.21. The lowest BCUT2D eigenvalue weighted by atomic mass is 10.1. The van der Waals surface area contributed by atoms with Gasteiger partial charge in [0.05, 0.1) is 0 Å². The molecule has 1 aromatic carbocycles. The van der Waals surface area contributed by atoms with Crippen LogP contribution < -0.4 is 10.2 Å². The summed E-state index contributed by atoms with van der Waals surface area (Å²) in [5.74, 6) is 0.730. The lowest BCUT2D eigenvalue weighted by Gasteiger charge is -1.97. The van der Waals surface area contributed by atoms with Gasteiger partial charge in [0.15, 0.2) is 0 Å². The molecule has 0 bridgehead atoms. The van der Waals surface area contributed by atoms with Crippen molar-refractivity contribution in [3.8, 4) is 5.75 Å². The van der Waals surface area contributed by atoms with Gasteiger partial charge >= 0.3 is 0 Å². The van der Waals surface area contributed by atoms with E-state index in [0.29, 0.717) is 13.0 Å². The maximum atomic E-state index is 11.0. The molecule has 15 heavy (non-hydrogen) atoms. The minimum atomic E-state index is -0.0909. The molecule has 1 aliphatic heterocycles. The van der Waals surface area contributed by atoms with Gasteiger partial charge in [-0.15, -0.1) is 0 Å². The highest BCUT2D eigenvalue weighted by Gasteiger charge is 2.18. The van der Waals surface area contributed by atoms with Gasteiger partial charge in [-0.1, -0.05) is 19.1 Å². The number of nitrogens with one attached hydrogen (secondary N) is 1. The zero-order chi connectivity index (χ0) is 10.7. The minimum Gasteiger partial charge on any atom is -0.487 e. The van der Waals surface area contributed by atoms with E-state index in [1.807, 2.05) is 24.3 Å². The molecule has 0 saturated carbocycles. The molecule has 1 N–H and O–H groups in total. The van der Waals surface area contributed by atoms with Crippen molar-refractivity contribution in [2.24, 2.45) is 5.10 Å². The Hall–Kier alpha value is -1.84. The van der Waals surface area contributed by atoms with Gasteiger partial charge in [0.25, 0.3) is 0 Å². The van der Waals surface area contributed by atoms with Gasteiger partial charge in [0, 0.05) is 12.0 Å². The van der Waals surface area contributed by atoms with Gasteiger partial charge in [-0.3, -0.25) is 4.79 Å². The first-order valence-corrected chi connectivity index (χ1v) is 4.89. The third-order valence-electron chi connectivity index (χ3n) is 2.20. The van der Waals surface area contributed by atoms with E-state index < -0.39 is 0 Å². The van der Waals surface area contributed by atoms with Crippen LogP contribution >= 0.6 is 0 Å². The highest BCUT2D eigenvalue weighted by atomic mass is 16.5. The Bertz CT molecular complexity index is 413. The van der Waals surface area contributed by atoms with E-state index in [0.717, 1.165) is 17.0 Å². The van der Waals surface area contributed by atoms with Crippen LogP contribution in [-0.4, -0.2) is 18.2 Å². The predicted octanol–water partition coefficient (Wildman–Crippen LogP) is 1.31. The number of amides is 1. The van der Waals surface area contributed by atoms with Crippen LogP contribution in [0.25, 0.3) is 0 Å². The summed E-state index contributed by atoms with van der Waals surface area (Å²) in [5.41, 5.74) is 4.21. The molecule has 1 amide bonds. The number of hydrazone groups is 1. The van der Waals surface area contributed by atoms with E-state index in [-0.39, 0.29) is 5.91 Å². The SMILES string of the molecule is CCC(=O)NN=C1COc2ccccc21. The number of carbonyl (C=O) groups excluding carboxylic acids is 1. The standard InChI is InChI=1S/C11H12N2O2/c1-2-11(14)13-12-9-7-15-10-6-4-3-5-8(9)10/h3-6H,2,7H2,1H3,(H,13,14). The average molecular weight is 204 g/mol. The number of ether oxygens (including phenoxy) is 1. The lowest BCUT2D eigenvalue weighted by molar-refractivity contribution is -0.120. The van der Waals surface area contributed by atoms with E-state index in [2.05, 4.69) is 10.5 Å². The number of hydrogen-bond acceptors (Lipinski definition) is 3. The second kappa shape index (κ2) is 4.13. The summed E-state index contributed by atoms with van der Waals surface area (Å²) < 4.78 is 5.39. The van der Waals surface area contributed by atoms with Crippen LogP contribution in [0.5, 0.6) is 5.75 Å². The Morgan fingerprint density at radius 3 is 3.13 bits per heavy atom. The molecule has 0 spiro atoms. The molecule has 0 unspecified atom stereocenters. The molecule has 78 valence electrons. The highest BCUT2D eigenvalue weighted by Crippen LogP contribution is 2.24. The largest absolute Gasteiger partial charge is 0.487 e. The lowest BCUT2D eigenvalue weighted by Crippen LogP contribution is -2.19. The first kappa shape index (κ1) is 9.71. The third-order valence-corrected chi connectivity index (χ3v) is 2.20. The van der Waals surface area contributed by atoms with E-state index in [4.69, 9.17) is 4.74 Å². The first-order valence-electron chi connectivity index (χ1n) is 4.89. The van der Waals surface area contributed by atoms with Crippen LogP contribution in [0.1, 0.15) is 18.9 Å². The monoisotopic (exact) mass is 204 g/mol. The fourth-order valence-corrected chi connectivity index (χ4v) is 1.36. The smallest absolute Gasteiger partial charge is 0.239 e. The summed E-state index contributed by atoms with van der Waals surface area (Å²) in [4.78, 5) is 11.0. The molecule has 0 fully saturated rings. The maximum Gasteiger partial charge on any atom is 0.239 e. The topological polar surface area (TPSA) is 50.7 Å². The van der Waals surface area contributed by atoms with Crippen molar-refractivity contribution in [2.45, 2.75) is 13.3 Å². The molecule has 0 atom stereocenters. The first-order chi connectivity index (χ1) is 7.31. The molecule has 4 nitrogen and oxygen atoms in total. The van der Waals surface area contributed by atoms with E-state index in [9.17, 15) is 4.79 Å². The molecule has 4 heteroatoms. The maximum absolute atomic E-state index is 11.0. The van der Waals surface area contributed by atoms with Gasteiger partial charge in [0.2, 0.25) is 5.91 Å². The number of hydrogen-bond donors (Lipinski definition) is 1. The highest BCUT2D eigenvalue weighted by molar-refractivity contribution is 6.06. The van der Waals surface area contributed by atoms with Gasteiger partial charge in [-0.25, -0.2) is 5.43 Å². The number of nitrogens with zero attached hydrogens (tertiary/aromatic N) is 1. The van der Waals surface area contributed by atoms with Crippen LogP contribution in [0.3, 0.4) is 0 Å². The predicted molar refractivity (Wildman–Crippen MR) is 56.9 cm³/mol. The molecule has 0 aliphatic carbocycles. The van der Waals surface area contributed by atoms with Crippen LogP contribution in [0.4, 0.5) is 0 Å². The molecule has 2 rings (SSSR count). The zero-order valence-electron chi connectivity index (χ0n) is 8.49. The van der Waals surface area contributed by atoms with Crippen molar-refractivity contribution in [1.29, 1.82) is 0 Å². The van der Waals surface area contributed by atoms with Crippen molar-refractivity contribution in [1.82, 2.24) is 5.43 Å². The van der Waals surface area contributed by atoms with Crippen LogP contribution in [0.2, 0.25) is 0 Å². The summed E-state index contributed by atoms with van der Waals surface area (Å²) in [5, 5.41) is 4.03. The number of para-hydroxylation sites is 1. The van der Waals surface area contributed by atoms with E-state index in [1.165, 1.54) is 0 Å². The Balaban J connectivity index is 2.17. The van der Waals surface area contributed by atoms with Crippen LogP contribution in [0, 0.1) is 0 Å². The molecule has 0 aromatic heterocycles. The summed E-state index contributed by atoms with van der Waals surface area (Å²) in [6, 6.07) is 7.65. The van der Waals surface area contributed by atoms with E-state index >= 15 is 0 Å². The normalized spacial score (nSPS) is 15.9. The zero-order valence-corrected chi connectivity index (χ0v) is 8.49. The van der Waals surface area contributed by atoms with Gasteiger partial charge < -0.3 is 4.74 Å². The molecule has 1 heterocycles. The van der Waals surface area contributed by atoms with Gasteiger partial charge in [-0.05, 0) is 12.1 Å². The average Bonchev–Trinajstić information content (AvgIpc) is 2.69. The number of rotatable bonds is 2. The fourth-order valence-electron chi connectivity index (χ4n) is 1.36.